The Morgan fingerprint density at radius 2 is 1.76 bits per heavy atom. The summed E-state index contributed by atoms with van der Waals surface area (Å²) in [5.74, 6) is -0.991. The van der Waals surface area contributed by atoms with E-state index in [2.05, 4.69) is 0 Å². The number of hydrogen-bond acceptors (Lipinski definition) is 3. The standard InChI is InChI=1S/C17H17Cl2NO4S/c1-12-4-7-14(8-5-12)25(23,24)20(10-2-3-17(21)22)16-9-6-13(18)11-15(16)19/h4-9,11H,2-3,10H2,1H3,(H,21,22). The summed E-state index contributed by atoms with van der Waals surface area (Å²) in [6.45, 7) is 1.85. The van der Waals surface area contributed by atoms with Gasteiger partial charge in [-0.25, -0.2) is 8.42 Å². The Bertz CT molecular complexity index is 867. The van der Waals surface area contributed by atoms with E-state index in [1.54, 1.807) is 12.1 Å². The molecule has 0 unspecified atom stereocenters. The van der Waals surface area contributed by atoms with Crippen molar-refractivity contribution in [3.8, 4) is 0 Å². The molecule has 0 bridgehead atoms. The van der Waals surface area contributed by atoms with Gasteiger partial charge < -0.3 is 5.11 Å². The van der Waals surface area contributed by atoms with Crippen LogP contribution in [0.4, 0.5) is 5.69 Å². The quantitative estimate of drug-likeness (QED) is 0.747. The van der Waals surface area contributed by atoms with Crippen molar-refractivity contribution in [2.45, 2.75) is 24.7 Å². The average Bonchev–Trinajstić information content (AvgIpc) is 2.52. The number of anilines is 1. The molecule has 0 spiro atoms. The van der Waals surface area contributed by atoms with E-state index >= 15 is 0 Å². The van der Waals surface area contributed by atoms with Crippen LogP contribution in [0, 0.1) is 6.92 Å². The van der Waals surface area contributed by atoms with Crippen LogP contribution in [0.1, 0.15) is 18.4 Å². The third kappa shape index (κ3) is 4.87. The minimum Gasteiger partial charge on any atom is -0.481 e. The van der Waals surface area contributed by atoms with Gasteiger partial charge in [-0.1, -0.05) is 40.9 Å². The normalized spacial score (nSPS) is 11.3. The summed E-state index contributed by atoms with van der Waals surface area (Å²) >= 11 is 12.1. The minimum absolute atomic E-state index is 0.0101. The Hall–Kier alpha value is -1.76. The van der Waals surface area contributed by atoms with Crippen molar-refractivity contribution in [1.29, 1.82) is 0 Å². The summed E-state index contributed by atoms with van der Waals surface area (Å²) in [5, 5.41) is 9.39. The van der Waals surface area contributed by atoms with Crippen molar-refractivity contribution >= 4 is 44.9 Å². The molecule has 0 amide bonds. The number of benzene rings is 2. The SMILES string of the molecule is Cc1ccc(S(=O)(=O)N(CCCC(=O)O)c2ccc(Cl)cc2Cl)cc1. The van der Waals surface area contributed by atoms with Gasteiger partial charge in [0.05, 0.1) is 15.6 Å². The Balaban J connectivity index is 2.45. The molecule has 5 nitrogen and oxygen atoms in total. The third-order valence-corrected chi connectivity index (χ3v) is 5.90. The number of sulfonamides is 1. The largest absolute Gasteiger partial charge is 0.481 e. The van der Waals surface area contributed by atoms with E-state index < -0.39 is 16.0 Å². The number of halogens is 2. The molecule has 0 aliphatic rings. The summed E-state index contributed by atoms with van der Waals surface area (Å²) < 4.78 is 27.2. The fraction of sp³-hybridized carbons (Fsp3) is 0.235. The van der Waals surface area contributed by atoms with Gasteiger partial charge in [-0.2, -0.15) is 0 Å². The van der Waals surface area contributed by atoms with Crippen LogP contribution in [0.5, 0.6) is 0 Å². The van der Waals surface area contributed by atoms with E-state index in [0.29, 0.717) is 5.02 Å². The Labute approximate surface area is 156 Å². The van der Waals surface area contributed by atoms with Crippen LogP contribution >= 0.6 is 23.2 Å². The monoisotopic (exact) mass is 401 g/mol. The number of aliphatic carboxylic acids is 1. The van der Waals surface area contributed by atoms with Crippen molar-refractivity contribution in [2.75, 3.05) is 10.8 Å². The molecular formula is C17H17Cl2NO4S. The molecule has 0 heterocycles. The van der Waals surface area contributed by atoms with Gasteiger partial charge in [0.15, 0.2) is 0 Å². The highest BCUT2D eigenvalue weighted by atomic mass is 35.5. The number of aryl methyl sites for hydroxylation is 1. The zero-order valence-corrected chi connectivity index (χ0v) is 15.8. The topological polar surface area (TPSA) is 74.7 Å². The molecule has 2 aromatic rings. The zero-order chi connectivity index (χ0) is 18.6. The van der Waals surface area contributed by atoms with Crippen molar-refractivity contribution < 1.29 is 18.3 Å². The summed E-state index contributed by atoms with van der Waals surface area (Å²) in [6.07, 6.45) is 0.00447. The van der Waals surface area contributed by atoms with E-state index in [4.69, 9.17) is 28.3 Å². The maximum absolute atomic E-state index is 13.0. The molecule has 8 heteroatoms. The molecule has 0 atom stereocenters. The van der Waals surface area contributed by atoms with Crippen LogP contribution < -0.4 is 4.31 Å². The van der Waals surface area contributed by atoms with Gasteiger partial charge in [0, 0.05) is 18.0 Å². The van der Waals surface area contributed by atoms with Crippen LogP contribution in [0.15, 0.2) is 47.4 Å². The predicted octanol–water partition coefficient (Wildman–Crippen LogP) is 4.36. The lowest BCUT2D eigenvalue weighted by Gasteiger charge is -2.25. The number of rotatable bonds is 7. The number of carboxylic acids is 1. The maximum atomic E-state index is 13.0. The van der Waals surface area contributed by atoms with E-state index in [9.17, 15) is 13.2 Å². The van der Waals surface area contributed by atoms with Gasteiger partial charge in [-0.15, -0.1) is 0 Å². The van der Waals surface area contributed by atoms with Gasteiger partial charge in [0.25, 0.3) is 10.0 Å². The average molecular weight is 402 g/mol. The minimum atomic E-state index is -3.89. The Morgan fingerprint density at radius 3 is 2.32 bits per heavy atom. The van der Waals surface area contributed by atoms with Crippen LogP contribution in [-0.2, 0) is 14.8 Å². The molecule has 25 heavy (non-hydrogen) atoms. The van der Waals surface area contributed by atoms with Gasteiger partial charge >= 0.3 is 5.97 Å². The summed E-state index contributed by atoms with van der Waals surface area (Å²) in [7, 11) is -3.89. The molecule has 0 aliphatic heterocycles. The van der Waals surface area contributed by atoms with Gasteiger partial charge in [-0.3, -0.25) is 9.10 Å². The summed E-state index contributed by atoms with van der Waals surface area (Å²) in [6, 6.07) is 10.9. The van der Waals surface area contributed by atoms with Crippen molar-refractivity contribution in [3.63, 3.8) is 0 Å². The molecular weight excluding hydrogens is 385 g/mol. The molecule has 0 saturated heterocycles. The van der Waals surface area contributed by atoms with Gasteiger partial charge in [0.1, 0.15) is 0 Å². The van der Waals surface area contributed by atoms with Gasteiger partial charge in [-0.05, 0) is 43.7 Å². The van der Waals surface area contributed by atoms with Crippen LogP contribution in [0.25, 0.3) is 0 Å². The molecule has 134 valence electrons. The number of nitrogens with zero attached hydrogens (tertiary/aromatic N) is 1. The zero-order valence-electron chi connectivity index (χ0n) is 13.4. The highest BCUT2D eigenvalue weighted by molar-refractivity contribution is 7.92. The first-order valence-corrected chi connectivity index (χ1v) is 9.67. The van der Waals surface area contributed by atoms with E-state index in [-0.39, 0.29) is 35.0 Å². The second-order valence-electron chi connectivity index (χ2n) is 5.48. The lowest BCUT2D eigenvalue weighted by Crippen LogP contribution is -2.32. The molecule has 0 radical (unpaired) electrons. The fourth-order valence-electron chi connectivity index (χ4n) is 2.27. The van der Waals surface area contributed by atoms with Gasteiger partial charge in [0.2, 0.25) is 0 Å². The Morgan fingerprint density at radius 1 is 1.12 bits per heavy atom. The lowest BCUT2D eigenvalue weighted by atomic mass is 10.2. The van der Waals surface area contributed by atoms with Crippen molar-refractivity contribution in [3.05, 3.63) is 58.1 Å². The first kappa shape index (κ1) is 19.6. The molecule has 1 N–H and O–H groups in total. The first-order valence-electron chi connectivity index (χ1n) is 7.48. The molecule has 2 aromatic carbocycles. The van der Waals surface area contributed by atoms with Crippen molar-refractivity contribution in [2.24, 2.45) is 0 Å². The number of hydrogen-bond donors (Lipinski definition) is 1. The molecule has 0 aliphatic carbocycles. The van der Waals surface area contributed by atoms with E-state index in [1.165, 1.54) is 30.3 Å². The first-order chi connectivity index (χ1) is 11.7. The Kier molecular flexibility index (Phi) is 6.32. The molecule has 0 aromatic heterocycles. The third-order valence-electron chi connectivity index (χ3n) is 3.54. The molecule has 0 saturated carbocycles. The molecule has 0 fully saturated rings. The van der Waals surface area contributed by atoms with Crippen molar-refractivity contribution in [1.82, 2.24) is 0 Å². The fourth-order valence-corrected chi connectivity index (χ4v) is 4.35. The second kappa shape index (κ2) is 8.08. The van der Waals surface area contributed by atoms with E-state index in [0.717, 1.165) is 9.87 Å². The highest BCUT2D eigenvalue weighted by Gasteiger charge is 2.26. The second-order valence-corrected chi connectivity index (χ2v) is 8.19. The number of carbonyl (C=O) groups is 1. The van der Waals surface area contributed by atoms with Crippen LogP contribution in [0.3, 0.4) is 0 Å². The summed E-state index contributed by atoms with van der Waals surface area (Å²) in [4.78, 5) is 10.9. The maximum Gasteiger partial charge on any atom is 0.303 e. The number of carboxylic acid groups (broad SMARTS) is 1. The van der Waals surface area contributed by atoms with Crippen LogP contribution in [0.2, 0.25) is 10.0 Å². The van der Waals surface area contributed by atoms with E-state index in [1.807, 2.05) is 6.92 Å². The molecule has 2 rings (SSSR count). The lowest BCUT2D eigenvalue weighted by molar-refractivity contribution is -0.137. The highest BCUT2D eigenvalue weighted by Crippen LogP contribution is 2.33. The van der Waals surface area contributed by atoms with Crippen LogP contribution in [-0.4, -0.2) is 26.0 Å². The smallest absolute Gasteiger partial charge is 0.303 e. The summed E-state index contributed by atoms with van der Waals surface area (Å²) in [5.41, 5.74) is 1.19. The predicted molar refractivity (Wildman–Crippen MR) is 99.0 cm³/mol.